The highest BCUT2D eigenvalue weighted by atomic mass is 19.1. The largest absolute Gasteiger partial charge is 0.247 e. The summed E-state index contributed by atoms with van der Waals surface area (Å²) in [4.78, 5) is 0. The van der Waals surface area contributed by atoms with E-state index in [0.717, 1.165) is 12.8 Å². The van der Waals surface area contributed by atoms with E-state index in [2.05, 4.69) is 13.8 Å². The van der Waals surface area contributed by atoms with Crippen LogP contribution >= 0.6 is 0 Å². The van der Waals surface area contributed by atoms with Gasteiger partial charge in [0.1, 0.15) is 6.17 Å². The van der Waals surface area contributed by atoms with Crippen molar-refractivity contribution in [3.63, 3.8) is 0 Å². The van der Waals surface area contributed by atoms with E-state index in [1.54, 1.807) is 6.92 Å². The maximum atomic E-state index is 12.7. The van der Waals surface area contributed by atoms with Crippen LogP contribution in [0.25, 0.3) is 0 Å². The van der Waals surface area contributed by atoms with Crippen molar-refractivity contribution < 1.29 is 4.39 Å². The molecule has 0 fully saturated rings. The molecular weight excluding hydrogens is 127 g/mol. The highest BCUT2D eigenvalue weighted by Gasteiger charge is 2.12. The SMILES string of the molecule is CCCCC(CC)C(C)F. The molecule has 2 atom stereocenters. The van der Waals surface area contributed by atoms with Gasteiger partial charge in [-0.05, 0) is 19.3 Å². The van der Waals surface area contributed by atoms with Crippen LogP contribution in [0.3, 0.4) is 0 Å². The van der Waals surface area contributed by atoms with Gasteiger partial charge in [-0.1, -0.05) is 33.1 Å². The zero-order valence-corrected chi connectivity index (χ0v) is 7.36. The average molecular weight is 146 g/mol. The van der Waals surface area contributed by atoms with Crippen molar-refractivity contribution in [2.45, 2.75) is 52.6 Å². The molecule has 0 radical (unpaired) electrons. The average Bonchev–Trinajstić information content (AvgIpc) is 1.89. The topological polar surface area (TPSA) is 0 Å². The predicted octanol–water partition coefficient (Wildman–Crippen LogP) is 3.56. The summed E-state index contributed by atoms with van der Waals surface area (Å²) in [5.74, 6) is 0.306. The van der Waals surface area contributed by atoms with E-state index < -0.39 is 6.17 Å². The highest BCUT2D eigenvalue weighted by molar-refractivity contribution is 4.62. The second-order valence-electron chi connectivity index (χ2n) is 2.99. The van der Waals surface area contributed by atoms with Gasteiger partial charge in [-0.3, -0.25) is 0 Å². The maximum Gasteiger partial charge on any atom is 0.100 e. The number of rotatable bonds is 5. The Morgan fingerprint density at radius 2 is 1.90 bits per heavy atom. The normalized spacial score (nSPS) is 16.8. The third kappa shape index (κ3) is 3.86. The molecule has 62 valence electrons. The van der Waals surface area contributed by atoms with Crippen molar-refractivity contribution in [3.8, 4) is 0 Å². The minimum atomic E-state index is -0.614. The van der Waals surface area contributed by atoms with E-state index in [1.807, 2.05) is 0 Å². The van der Waals surface area contributed by atoms with Gasteiger partial charge in [0.15, 0.2) is 0 Å². The van der Waals surface area contributed by atoms with E-state index in [4.69, 9.17) is 0 Å². The minimum Gasteiger partial charge on any atom is -0.247 e. The molecule has 0 rings (SSSR count). The summed E-state index contributed by atoms with van der Waals surface area (Å²) < 4.78 is 12.7. The third-order valence-electron chi connectivity index (χ3n) is 2.10. The van der Waals surface area contributed by atoms with Gasteiger partial charge < -0.3 is 0 Å². The summed E-state index contributed by atoms with van der Waals surface area (Å²) in [6, 6.07) is 0. The molecule has 10 heavy (non-hydrogen) atoms. The summed E-state index contributed by atoms with van der Waals surface area (Å²) in [6.07, 6.45) is 3.79. The van der Waals surface area contributed by atoms with E-state index in [-0.39, 0.29) is 0 Å². The van der Waals surface area contributed by atoms with Crippen molar-refractivity contribution >= 4 is 0 Å². The van der Waals surface area contributed by atoms with Gasteiger partial charge in [0, 0.05) is 0 Å². The maximum absolute atomic E-state index is 12.7. The van der Waals surface area contributed by atoms with Gasteiger partial charge in [-0.15, -0.1) is 0 Å². The van der Waals surface area contributed by atoms with Crippen LogP contribution in [0.5, 0.6) is 0 Å². The number of alkyl halides is 1. The molecule has 0 aromatic rings. The molecule has 2 unspecified atom stereocenters. The Bertz CT molecular complexity index is 69.1. The van der Waals surface area contributed by atoms with Crippen LogP contribution in [0.4, 0.5) is 4.39 Å². The Kier molecular flexibility index (Phi) is 5.66. The Balaban J connectivity index is 3.40. The molecule has 0 aliphatic heterocycles. The lowest BCUT2D eigenvalue weighted by Crippen LogP contribution is -2.10. The van der Waals surface area contributed by atoms with Gasteiger partial charge in [-0.2, -0.15) is 0 Å². The van der Waals surface area contributed by atoms with Gasteiger partial charge in [0.25, 0.3) is 0 Å². The zero-order chi connectivity index (χ0) is 7.98. The Morgan fingerprint density at radius 1 is 1.30 bits per heavy atom. The summed E-state index contributed by atoms with van der Waals surface area (Å²) in [7, 11) is 0. The van der Waals surface area contributed by atoms with Gasteiger partial charge in [-0.25, -0.2) is 4.39 Å². The number of unbranched alkanes of at least 4 members (excludes halogenated alkanes) is 1. The molecule has 0 saturated carbocycles. The molecule has 0 spiro atoms. The molecule has 0 amide bonds. The molecule has 0 aromatic carbocycles. The van der Waals surface area contributed by atoms with E-state index in [0.29, 0.717) is 5.92 Å². The van der Waals surface area contributed by atoms with E-state index >= 15 is 0 Å². The molecule has 0 N–H and O–H groups in total. The van der Waals surface area contributed by atoms with Crippen molar-refractivity contribution in [2.24, 2.45) is 5.92 Å². The Labute approximate surface area is 63.8 Å². The molecule has 0 heterocycles. The molecular formula is C9H19F. The molecule has 0 saturated heterocycles. The summed E-state index contributed by atoms with van der Waals surface area (Å²) in [5, 5.41) is 0. The van der Waals surface area contributed by atoms with Gasteiger partial charge >= 0.3 is 0 Å². The monoisotopic (exact) mass is 146 g/mol. The second-order valence-corrected chi connectivity index (χ2v) is 2.99. The van der Waals surface area contributed by atoms with E-state index in [9.17, 15) is 4.39 Å². The van der Waals surface area contributed by atoms with Gasteiger partial charge in [0.05, 0.1) is 0 Å². The lowest BCUT2D eigenvalue weighted by atomic mass is 9.95. The highest BCUT2D eigenvalue weighted by Crippen LogP contribution is 2.18. The first kappa shape index (κ1) is 9.93. The summed E-state index contributed by atoms with van der Waals surface area (Å²) in [6.45, 7) is 5.88. The fourth-order valence-electron chi connectivity index (χ4n) is 1.22. The number of hydrogen-bond acceptors (Lipinski definition) is 0. The number of halogens is 1. The smallest absolute Gasteiger partial charge is 0.100 e. The summed E-state index contributed by atoms with van der Waals surface area (Å²) in [5.41, 5.74) is 0. The first-order valence-electron chi connectivity index (χ1n) is 4.36. The van der Waals surface area contributed by atoms with E-state index in [1.165, 1.54) is 12.8 Å². The van der Waals surface area contributed by atoms with Crippen LogP contribution in [0.15, 0.2) is 0 Å². The Hall–Kier alpha value is -0.0700. The predicted molar refractivity (Wildman–Crippen MR) is 43.9 cm³/mol. The van der Waals surface area contributed by atoms with Crippen LogP contribution in [0, 0.1) is 5.92 Å². The number of hydrogen-bond donors (Lipinski definition) is 0. The van der Waals surface area contributed by atoms with Crippen molar-refractivity contribution in [1.29, 1.82) is 0 Å². The fourth-order valence-corrected chi connectivity index (χ4v) is 1.22. The first-order valence-corrected chi connectivity index (χ1v) is 4.36. The van der Waals surface area contributed by atoms with Crippen LogP contribution < -0.4 is 0 Å². The lowest BCUT2D eigenvalue weighted by Gasteiger charge is -2.14. The fraction of sp³-hybridized carbons (Fsp3) is 1.00. The lowest BCUT2D eigenvalue weighted by molar-refractivity contribution is 0.227. The van der Waals surface area contributed by atoms with Crippen molar-refractivity contribution in [3.05, 3.63) is 0 Å². The standard InChI is InChI=1S/C9H19F/c1-4-6-7-9(5-2)8(3)10/h8-9H,4-7H2,1-3H3. The molecule has 0 aliphatic rings. The van der Waals surface area contributed by atoms with Crippen molar-refractivity contribution in [2.75, 3.05) is 0 Å². The third-order valence-corrected chi connectivity index (χ3v) is 2.10. The quantitative estimate of drug-likeness (QED) is 0.556. The minimum absolute atomic E-state index is 0.306. The summed E-state index contributed by atoms with van der Waals surface area (Å²) >= 11 is 0. The Morgan fingerprint density at radius 3 is 2.20 bits per heavy atom. The van der Waals surface area contributed by atoms with Crippen LogP contribution in [0.2, 0.25) is 0 Å². The molecule has 1 heteroatoms. The molecule has 0 aromatic heterocycles. The zero-order valence-electron chi connectivity index (χ0n) is 7.36. The van der Waals surface area contributed by atoms with Crippen LogP contribution in [-0.2, 0) is 0 Å². The van der Waals surface area contributed by atoms with Crippen LogP contribution in [0.1, 0.15) is 46.5 Å². The van der Waals surface area contributed by atoms with Crippen LogP contribution in [-0.4, -0.2) is 6.17 Å². The molecule has 0 nitrogen and oxygen atoms in total. The van der Waals surface area contributed by atoms with Gasteiger partial charge in [0.2, 0.25) is 0 Å². The molecule has 0 bridgehead atoms. The second kappa shape index (κ2) is 5.70. The van der Waals surface area contributed by atoms with Crippen molar-refractivity contribution in [1.82, 2.24) is 0 Å². The first-order chi connectivity index (χ1) is 4.72. The molecule has 0 aliphatic carbocycles.